The summed E-state index contributed by atoms with van der Waals surface area (Å²) in [5, 5.41) is 2.43. The highest BCUT2D eigenvalue weighted by Crippen LogP contribution is 2.15. The van der Waals surface area contributed by atoms with Gasteiger partial charge in [0, 0.05) is 19.6 Å². The molecule has 0 atom stereocenters. The zero-order chi connectivity index (χ0) is 10.5. The molecule has 0 spiro atoms. The van der Waals surface area contributed by atoms with Gasteiger partial charge < -0.3 is 4.90 Å². The molecule has 2 aliphatic rings. The molecule has 0 bridgehead atoms. The van der Waals surface area contributed by atoms with Crippen LogP contribution < -0.4 is 5.43 Å². The highest BCUT2D eigenvalue weighted by Gasteiger charge is 2.17. The maximum absolute atomic E-state index is 3.62. The highest BCUT2D eigenvalue weighted by atomic mass is 15.5. The second-order valence-electron chi connectivity index (χ2n) is 5.16. The average Bonchev–Trinajstić information content (AvgIpc) is 2.30. The summed E-state index contributed by atoms with van der Waals surface area (Å²) in [5.74, 6) is 0.906. The molecule has 0 radical (unpaired) electrons. The van der Waals surface area contributed by atoms with Crippen molar-refractivity contribution in [2.45, 2.75) is 32.1 Å². The number of nitrogens with one attached hydrogen (secondary N) is 1. The van der Waals surface area contributed by atoms with Crippen LogP contribution >= 0.6 is 0 Å². The Morgan fingerprint density at radius 3 is 2.33 bits per heavy atom. The molecule has 2 heterocycles. The third kappa shape index (κ3) is 3.74. The topological polar surface area (TPSA) is 18.5 Å². The molecule has 0 aromatic rings. The fraction of sp³-hybridized carbons (Fsp3) is 1.00. The van der Waals surface area contributed by atoms with Gasteiger partial charge in [0.05, 0.1) is 0 Å². The fourth-order valence-electron chi connectivity index (χ4n) is 2.58. The van der Waals surface area contributed by atoms with Crippen molar-refractivity contribution in [2.75, 3.05) is 39.8 Å². The smallest absolute Gasteiger partial charge is 0.0131 e. The van der Waals surface area contributed by atoms with Crippen molar-refractivity contribution in [3.8, 4) is 0 Å². The van der Waals surface area contributed by atoms with Crippen molar-refractivity contribution in [1.82, 2.24) is 15.3 Å². The van der Waals surface area contributed by atoms with Gasteiger partial charge in [-0.05, 0) is 51.7 Å². The van der Waals surface area contributed by atoms with Gasteiger partial charge in [-0.25, -0.2) is 5.01 Å². The van der Waals surface area contributed by atoms with Crippen LogP contribution in [0.3, 0.4) is 0 Å². The Morgan fingerprint density at radius 1 is 1.00 bits per heavy atom. The molecule has 0 saturated carbocycles. The first-order chi connectivity index (χ1) is 7.34. The first kappa shape index (κ1) is 11.4. The second-order valence-corrected chi connectivity index (χ2v) is 5.16. The van der Waals surface area contributed by atoms with E-state index in [4.69, 9.17) is 0 Å². The number of nitrogens with zero attached hydrogens (tertiary/aromatic N) is 2. The van der Waals surface area contributed by atoms with E-state index >= 15 is 0 Å². The van der Waals surface area contributed by atoms with Gasteiger partial charge >= 0.3 is 0 Å². The lowest BCUT2D eigenvalue weighted by molar-refractivity contribution is 0.126. The van der Waals surface area contributed by atoms with Crippen molar-refractivity contribution in [3.63, 3.8) is 0 Å². The lowest BCUT2D eigenvalue weighted by Crippen LogP contribution is -2.45. The summed E-state index contributed by atoms with van der Waals surface area (Å²) >= 11 is 0. The summed E-state index contributed by atoms with van der Waals surface area (Å²) in [7, 11) is 2.23. The summed E-state index contributed by atoms with van der Waals surface area (Å²) < 4.78 is 0. The third-order valence-corrected chi connectivity index (χ3v) is 3.80. The molecule has 2 aliphatic heterocycles. The molecule has 0 aromatic carbocycles. The van der Waals surface area contributed by atoms with E-state index in [0.29, 0.717) is 0 Å². The first-order valence-corrected chi connectivity index (χ1v) is 6.51. The standard InChI is InChI=1S/C12H25N3/c1-14-9-5-12(6-10-14)11-13-15-7-3-2-4-8-15/h12-13H,2-11H2,1H3. The summed E-state index contributed by atoms with van der Waals surface area (Å²) in [6.07, 6.45) is 6.92. The van der Waals surface area contributed by atoms with Gasteiger partial charge in [0.15, 0.2) is 0 Å². The minimum absolute atomic E-state index is 0.906. The largest absolute Gasteiger partial charge is 0.306 e. The molecule has 0 unspecified atom stereocenters. The highest BCUT2D eigenvalue weighted by molar-refractivity contribution is 4.72. The Bertz CT molecular complexity index is 170. The van der Waals surface area contributed by atoms with Crippen LogP contribution in [0.15, 0.2) is 0 Å². The lowest BCUT2D eigenvalue weighted by Gasteiger charge is -2.32. The van der Waals surface area contributed by atoms with E-state index in [9.17, 15) is 0 Å². The minimum atomic E-state index is 0.906. The summed E-state index contributed by atoms with van der Waals surface area (Å²) in [5.41, 5.74) is 3.62. The summed E-state index contributed by atoms with van der Waals surface area (Å²) in [6.45, 7) is 6.28. The Kier molecular flexibility index (Phi) is 4.42. The number of hydrazine groups is 1. The van der Waals surface area contributed by atoms with Gasteiger partial charge in [-0.2, -0.15) is 0 Å². The molecular weight excluding hydrogens is 186 g/mol. The Labute approximate surface area is 93.8 Å². The van der Waals surface area contributed by atoms with Crippen LogP contribution in [0.25, 0.3) is 0 Å². The molecule has 3 nitrogen and oxygen atoms in total. The van der Waals surface area contributed by atoms with Crippen LogP contribution in [0.2, 0.25) is 0 Å². The quantitative estimate of drug-likeness (QED) is 0.759. The predicted octanol–water partition coefficient (Wildman–Crippen LogP) is 1.32. The molecular formula is C12H25N3. The van der Waals surface area contributed by atoms with Crippen LogP contribution in [-0.2, 0) is 0 Å². The normalized spacial score (nSPS) is 27.0. The van der Waals surface area contributed by atoms with Crippen LogP contribution in [-0.4, -0.2) is 49.7 Å². The molecule has 88 valence electrons. The molecule has 3 heteroatoms. The second kappa shape index (κ2) is 5.83. The van der Waals surface area contributed by atoms with E-state index in [-0.39, 0.29) is 0 Å². The van der Waals surface area contributed by atoms with Gasteiger partial charge in [0.25, 0.3) is 0 Å². The van der Waals surface area contributed by atoms with Crippen molar-refractivity contribution >= 4 is 0 Å². The Morgan fingerprint density at radius 2 is 1.67 bits per heavy atom. The number of rotatable bonds is 3. The zero-order valence-corrected chi connectivity index (χ0v) is 10.0. The van der Waals surface area contributed by atoms with Crippen molar-refractivity contribution < 1.29 is 0 Å². The monoisotopic (exact) mass is 211 g/mol. The van der Waals surface area contributed by atoms with E-state index < -0.39 is 0 Å². The van der Waals surface area contributed by atoms with Crippen molar-refractivity contribution in [2.24, 2.45) is 5.92 Å². The summed E-state index contributed by atoms with van der Waals surface area (Å²) in [4.78, 5) is 2.44. The van der Waals surface area contributed by atoms with E-state index in [2.05, 4.69) is 22.4 Å². The number of likely N-dealkylation sites (tertiary alicyclic amines) is 1. The SMILES string of the molecule is CN1CCC(CNN2CCCCC2)CC1. The maximum Gasteiger partial charge on any atom is 0.0131 e. The van der Waals surface area contributed by atoms with Gasteiger partial charge in [-0.1, -0.05) is 6.42 Å². The molecule has 0 amide bonds. The number of hydrogen-bond acceptors (Lipinski definition) is 3. The Hall–Kier alpha value is -0.120. The van der Waals surface area contributed by atoms with Crippen molar-refractivity contribution in [3.05, 3.63) is 0 Å². The number of piperidine rings is 2. The lowest BCUT2D eigenvalue weighted by atomic mass is 9.97. The molecule has 0 aliphatic carbocycles. The molecule has 15 heavy (non-hydrogen) atoms. The third-order valence-electron chi connectivity index (χ3n) is 3.80. The zero-order valence-electron chi connectivity index (χ0n) is 10.0. The maximum atomic E-state index is 3.62. The van der Waals surface area contributed by atoms with Crippen LogP contribution in [0.1, 0.15) is 32.1 Å². The molecule has 2 fully saturated rings. The van der Waals surface area contributed by atoms with E-state index in [1.165, 1.54) is 64.8 Å². The van der Waals surface area contributed by atoms with Crippen LogP contribution in [0.4, 0.5) is 0 Å². The minimum Gasteiger partial charge on any atom is -0.306 e. The average molecular weight is 211 g/mol. The first-order valence-electron chi connectivity index (χ1n) is 6.51. The molecule has 2 saturated heterocycles. The van der Waals surface area contributed by atoms with Crippen LogP contribution in [0, 0.1) is 5.92 Å². The van der Waals surface area contributed by atoms with Gasteiger partial charge in [0.1, 0.15) is 0 Å². The molecule has 1 N–H and O–H groups in total. The molecule has 0 aromatic heterocycles. The van der Waals surface area contributed by atoms with Crippen molar-refractivity contribution in [1.29, 1.82) is 0 Å². The van der Waals surface area contributed by atoms with Gasteiger partial charge in [-0.3, -0.25) is 5.43 Å². The van der Waals surface area contributed by atoms with Gasteiger partial charge in [-0.15, -0.1) is 0 Å². The van der Waals surface area contributed by atoms with E-state index in [1.807, 2.05) is 0 Å². The Balaban J connectivity index is 1.60. The number of hydrogen-bond donors (Lipinski definition) is 1. The van der Waals surface area contributed by atoms with E-state index in [1.54, 1.807) is 0 Å². The fourth-order valence-corrected chi connectivity index (χ4v) is 2.58. The molecule has 2 rings (SSSR count). The summed E-state index contributed by atoms with van der Waals surface area (Å²) in [6, 6.07) is 0. The van der Waals surface area contributed by atoms with Gasteiger partial charge in [0.2, 0.25) is 0 Å². The van der Waals surface area contributed by atoms with E-state index in [0.717, 1.165) is 5.92 Å². The van der Waals surface area contributed by atoms with Crippen LogP contribution in [0.5, 0.6) is 0 Å². The predicted molar refractivity (Wildman–Crippen MR) is 63.6 cm³/mol.